The Balaban J connectivity index is 1.89. The third-order valence-corrected chi connectivity index (χ3v) is 3.91. The molecule has 5 heteroatoms. The van der Waals surface area contributed by atoms with Crippen molar-refractivity contribution in [2.45, 2.75) is 40.2 Å². The van der Waals surface area contributed by atoms with E-state index in [2.05, 4.69) is 10.3 Å². The minimum Gasteiger partial charge on any atom is -0.352 e. The van der Waals surface area contributed by atoms with Crippen LogP contribution >= 0.6 is 0 Å². The molecule has 0 bridgehead atoms. The Morgan fingerprint density at radius 1 is 1.41 bits per heavy atom. The van der Waals surface area contributed by atoms with Gasteiger partial charge >= 0.3 is 0 Å². The van der Waals surface area contributed by atoms with Crippen LogP contribution in [0.3, 0.4) is 0 Å². The smallest absolute Gasteiger partial charge is 0.227 e. The number of nitrogens with zero attached hydrogens (tertiary/aromatic N) is 2. The molecule has 120 valence electrons. The highest BCUT2D eigenvalue weighted by atomic mass is 16.2. The van der Waals surface area contributed by atoms with E-state index in [1.54, 1.807) is 12.4 Å². The third kappa shape index (κ3) is 4.29. The SMILES string of the molecule is CC(C)(C)C(=O)N1CCCC(C(=O)NCc2cccnc2)C1. The number of carbonyl (C=O) groups excluding carboxylic acids is 2. The Kier molecular flexibility index (Phi) is 5.16. The molecule has 1 aliphatic heterocycles. The lowest BCUT2D eigenvalue weighted by atomic mass is 9.91. The van der Waals surface area contributed by atoms with Crippen LogP contribution in [0.1, 0.15) is 39.2 Å². The normalized spacial score (nSPS) is 18.9. The fourth-order valence-electron chi connectivity index (χ4n) is 2.69. The Morgan fingerprint density at radius 2 is 2.18 bits per heavy atom. The molecule has 0 aliphatic carbocycles. The summed E-state index contributed by atoms with van der Waals surface area (Å²) in [6.45, 7) is 7.51. The van der Waals surface area contributed by atoms with Crippen LogP contribution in [0.25, 0.3) is 0 Å². The van der Waals surface area contributed by atoms with Gasteiger partial charge in [0.05, 0.1) is 5.92 Å². The van der Waals surface area contributed by atoms with Gasteiger partial charge in [-0.05, 0) is 24.5 Å². The Morgan fingerprint density at radius 3 is 2.82 bits per heavy atom. The number of hydrogen-bond donors (Lipinski definition) is 1. The highest BCUT2D eigenvalue weighted by molar-refractivity contribution is 5.83. The molecule has 1 aliphatic rings. The number of likely N-dealkylation sites (tertiary alicyclic amines) is 1. The van der Waals surface area contributed by atoms with Crippen LogP contribution in [0.15, 0.2) is 24.5 Å². The van der Waals surface area contributed by atoms with E-state index in [1.165, 1.54) is 0 Å². The maximum atomic E-state index is 12.4. The third-order valence-electron chi connectivity index (χ3n) is 3.91. The van der Waals surface area contributed by atoms with E-state index in [0.29, 0.717) is 13.1 Å². The highest BCUT2D eigenvalue weighted by Crippen LogP contribution is 2.23. The maximum absolute atomic E-state index is 12.4. The van der Waals surface area contributed by atoms with Gasteiger partial charge in [0.25, 0.3) is 0 Å². The second kappa shape index (κ2) is 6.90. The lowest BCUT2D eigenvalue weighted by Gasteiger charge is -2.35. The monoisotopic (exact) mass is 303 g/mol. The molecule has 0 spiro atoms. The standard InChI is InChI=1S/C17H25N3O2/c1-17(2,3)16(22)20-9-5-7-14(12-20)15(21)19-11-13-6-4-8-18-10-13/h4,6,8,10,14H,5,7,9,11-12H2,1-3H3,(H,19,21). The summed E-state index contributed by atoms with van der Waals surface area (Å²) in [6, 6.07) is 3.79. The van der Waals surface area contributed by atoms with E-state index in [-0.39, 0.29) is 17.7 Å². The molecule has 2 rings (SSSR count). The van der Waals surface area contributed by atoms with Gasteiger partial charge in [0.2, 0.25) is 11.8 Å². The van der Waals surface area contributed by atoms with Crippen molar-refractivity contribution in [3.05, 3.63) is 30.1 Å². The fraction of sp³-hybridized carbons (Fsp3) is 0.588. The van der Waals surface area contributed by atoms with Gasteiger partial charge in [-0.3, -0.25) is 14.6 Å². The zero-order valence-corrected chi connectivity index (χ0v) is 13.6. The van der Waals surface area contributed by atoms with Crippen molar-refractivity contribution in [3.63, 3.8) is 0 Å². The predicted octanol–water partition coefficient (Wildman–Crippen LogP) is 1.98. The minimum absolute atomic E-state index is 0.0234. The lowest BCUT2D eigenvalue weighted by Crippen LogP contribution is -2.48. The molecule has 1 aromatic heterocycles. The molecule has 1 fully saturated rings. The molecule has 0 aromatic carbocycles. The Bertz CT molecular complexity index is 522. The maximum Gasteiger partial charge on any atom is 0.227 e. The molecule has 1 atom stereocenters. The average Bonchev–Trinajstić information content (AvgIpc) is 2.52. The molecular weight excluding hydrogens is 278 g/mol. The van der Waals surface area contributed by atoms with Crippen LogP contribution in [0.2, 0.25) is 0 Å². The summed E-state index contributed by atoms with van der Waals surface area (Å²) in [5, 5.41) is 2.95. The summed E-state index contributed by atoms with van der Waals surface area (Å²) in [7, 11) is 0. The number of nitrogens with one attached hydrogen (secondary N) is 1. The summed E-state index contributed by atoms with van der Waals surface area (Å²) < 4.78 is 0. The van der Waals surface area contributed by atoms with Crippen molar-refractivity contribution >= 4 is 11.8 Å². The molecule has 1 N–H and O–H groups in total. The van der Waals surface area contributed by atoms with Crippen molar-refractivity contribution < 1.29 is 9.59 Å². The fourth-order valence-corrected chi connectivity index (χ4v) is 2.69. The lowest BCUT2D eigenvalue weighted by molar-refractivity contribution is -0.142. The summed E-state index contributed by atoms with van der Waals surface area (Å²) in [4.78, 5) is 30.5. The van der Waals surface area contributed by atoms with E-state index in [4.69, 9.17) is 0 Å². The first-order chi connectivity index (χ1) is 10.4. The van der Waals surface area contributed by atoms with E-state index >= 15 is 0 Å². The number of pyridine rings is 1. The first-order valence-corrected chi connectivity index (χ1v) is 7.84. The number of rotatable bonds is 3. The van der Waals surface area contributed by atoms with E-state index in [0.717, 1.165) is 24.9 Å². The first kappa shape index (κ1) is 16.5. The number of aromatic nitrogens is 1. The van der Waals surface area contributed by atoms with Gasteiger partial charge in [-0.25, -0.2) is 0 Å². The summed E-state index contributed by atoms with van der Waals surface area (Å²) in [5.74, 6) is 0.0317. The van der Waals surface area contributed by atoms with Crippen molar-refractivity contribution in [2.24, 2.45) is 11.3 Å². The molecule has 1 aromatic rings. The minimum atomic E-state index is -0.395. The van der Waals surface area contributed by atoms with Crippen LogP contribution in [-0.2, 0) is 16.1 Å². The van der Waals surface area contributed by atoms with Gasteiger partial charge in [0.15, 0.2) is 0 Å². The van der Waals surface area contributed by atoms with E-state index in [9.17, 15) is 9.59 Å². The zero-order valence-electron chi connectivity index (χ0n) is 13.6. The van der Waals surface area contributed by atoms with Crippen molar-refractivity contribution in [1.29, 1.82) is 0 Å². The molecule has 0 radical (unpaired) electrons. The van der Waals surface area contributed by atoms with Crippen LogP contribution in [0.5, 0.6) is 0 Å². The largest absolute Gasteiger partial charge is 0.352 e. The molecule has 0 saturated carbocycles. The summed E-state index contributed by atoms with van der Waals surface area (Å²) in [5.41, 5.74) is 0.586. The first-order valence-electron chi connectivity index (χ1n) is 7.84. The van der Waals surface area contributed by atoms with Gasteiger partial charge in [-0.15, -0.1) is 0 Å². The topological polar surface area (TPSA) is 62.3 Å². The molecule has 2 amide bonds. The van der Waals surface area contributed by atoms with Crippen LogP contribution in [0, 0.1) is 11.3 Å². The van der Waals surface area contributed by atoms with Crippen molar-refractivity contribution in [3.8, 4) is 0 Å². The van der Waals surface area contributed by atoms with Gasteiger partial charge in [0, 0.05) is 37.4 Å². The van der Waals surface area contributed by atoms with Gasteiger partial charge in [-0.1, -0.05) is 26.8 Å². The van der Waals surface area contributed by atoms with E-state index < -0.39 is 5.41 Å². The van der Waals surface area contributed by atoms with Crippen LogP contribution in [0.4, 0.5) is 0 Å². The predicted molar refractivity (Wildman–Crippen MR) is 84.8 cm³/mol. The van der Waals surface area contributed by atoms with E-state index in [1.807, 2.05) is 37.8 Å². The van der Waals surface area contributed by atoms with Crippen LogP contribution in [-0.4, -0.2) is 34.8 Å². The average molecular weight is 303 g/mol. The Hall–Kier alpha value is -1.91. The van der Waals surface area contributed by atoms with Crippen LogP contribution < -0.4 is 5.32 Å². The quantitative estimate of drug-likeness (QED) is 0.929. The number of piperidine rings is 1. The molecule has 22 heavy (non-hydrogen) atoms. The molecule has 1 saturated heterocycles. The molecule has 2 heterocycles. The highest BCUT2D eigenvalue weighted by Gasteiger charge is 2.33. The van der Waals surface area contributed by atoms with Gasteiger partial charge in [0.1, 0.15) is 0 Å². The molecular formula is C17H25N3O2. The second-order valence-corrected chi connectivity index (χ2v) is 6.92. The van der Waals surface area contributed by atoms with Crippen molar-refractivity contribution in [1.82, 2.24) is 15.2 Å². The number of hydrogen-bond acceptors (Lipinski definition) is 3. The van der Waals surface area contributed by atoms with Gasteiger partial charge in [-0.2, -0.15) is 0 Å². The summed E-state index contributed by atoms with van der Waals surface area (Å²) >= 11 is 0. The summed E-state index contributed by atoms with van der Waals surface area (Å²) in [6.07, 6.45) is 5.18. The zero-order chi connectivity index (χ0) is 16.2. The van der Waals surface area contributed by atoms with Crippen molar-refractivity contribution in [2.75, 3.05) is 13.1 Å². The second-order valence-electron chi connectivity index (χ2n) is 6.92. The number of amides is 2. The molecule has 1 unspecified atom stereocenters. The number of carbonyl (C=O) groups is 2. The molecule has 5 nitrogen and oxygen atoms in total. The Labute approximate surface area is 132 Å². The van der Waals surface area contributed by atoms with Gasteiger partial charge < -0.3 is 10.2 Å².